The molecule has 0 bridgehead atoms. The van der Waals surface area contributed by atoms with Crippen molar-refractivity contribution in [2.45, 2.75) is 24.3 Å². The van der Waals surface area contributed by atoms with Crippen LogP contribution in [0.2, 0.25) is 0 Å². The molecule has 0 saturated carbocycles. The van der Waals surface area contributed by atoms with Gasteiger partial charge in [0.25, 0.3) is 5.91 Å². The minimum Gasteiger partial charge on any atom is -0.497 e. The third-order valence-corrected chi connectivity index (χ3v) is 7.62. The zero-order valence-electron chi connectivity index (χ0n) is 19.3. The van der Waals surface area contributed by atoms with Gasteiger partial charge >= 0.3 is 0 Å². The predicted octanol–water partition coefficient (Wildman–Crippen LogP) is 3.48. The number of rotatable bonds is 3. The largest absolute Gasteiger partial charge is 0.497 e. The molecule has 5 rings (SSSR count). The van der Waals surface area contributed by atoms with E-state index in [4.69, 9.17) is 4.74 Å². The van der Waals surface area contributed by atoms with Gasteiger partial charge in [-0.05, 0) is 74.9 Å². The van der Waals surface area contributed by atoms with Gasteiger partial charge in [-0.2, -0.15) is 0 Å². The number of fused-ring (bicyclic) bond motifs is 4. The number of hydrogen-bond acceptors (Lipinski definition) is 4. The molecule has 1 N–H and O–H groups in total. The Morgan fingerprint density at radius 1 is 1.15 bits per heavy atom. The summed E-state index contributed by atoms with van der Waals surface area (Å²) in [5.74, 6) is 0.221. The van der Waals surface area contributed by atoms with Crippen LogP contribution in [0.4, 0.5) is 4.39 Å². The lowest BCUT2D eigenvalue weighted by molar-refractivity contribution is 0.0353. The average molecular weight is 452 g/mol. The van der Waals surface area contributed by atoms with E-state index in [2.05, 4.69) is 22.6 Å². The zero-order chi connectivity index (χ0) is 23.3. The number of ether oxygens (including phenoxy) is 1. The molecule has 174 valence electrons. The van der Waals surface area contributed by atoms with E-state index in [1.165, 1.54) is 29.8 Å². The molecule has 0 aliphatic carbocycles. The highest BCUT2D eigenvalue weighted by atomic mass is 19.1. The molecule has 1 atom stereocenters. The number of carbonyl (C=O) groups excluding carboxylic acids is 1. The molecular formula is C26H30FN3O3. The number of aliphatic hydroxyl groups is 1. The Morgan fingerprint density at radius 2 is 1.85 bits per heavy atom. The normalized spacial score (nSPS) is 20.3. The van der Waals surface area contributed by atoms with Gasteiger partial charge in [0.1, 0.15) is 11.6 Å². The predicted molar refractivity (Wildman–Crippen MR) is 125 cm³/mol. The van der Waals surface area contributed by atoms with Crippen LogP contribution >= 0.6 is 0 Å². The van der Waals surface area contributed by atoms with Gasteiger partial charge in [0.05, 0.1) is 25.3 Å². The van der Waals surface area contributed by atoms with E-state index >= 15 is 0 Å². The first-order chi connectivity index (χ1) is 15.9. The average Bonchev–Trinajstić information content (AvgIpc) is 3.13. The summed E-state index contributed by atoms with van der Waals surface area (Å²) >= 11 is 0. The fraction of sp³-hybridized carbons (Fsp3) is 0.423. The van der Waals surface area contributed by atoms with Crippen LogP contribution in [0, 0.1) is 5.82 Å². The maximum atomic E-state index is 13.7. The lowest BCUT2D eigenvalue weighted by atomic mass is 9.68. The smallest absolute Gasteiger partial charge is 0.254 e. The van der Waals surface area contributed by atoms with Crippen molar-refractivity contribution in [2.75, 3.05) is 40.4 Å². The number of nitrogens with zero attached hydrogens (tertiary/aromatic N) is 3. The summed E-state index contributed by atoms with van der Waals surface area (Å²) in [6.45, 7) is 2.22. The van der Waals surface area contributed by atoms with Crippen LogP contribution in [0.25, 0.3) is 10.9 Å². The second-order valence-corrected chi connectivity index (χ2v) is 9.42. The van der Waals surface area contributed by atoms with Crippen LogP contribution in [-0.4, -0.2) is 65.8 Å². The van der Waals surface area contributed by atoms with E-state index < -0.39 is 6.04 Å². The lowest BCUT2D eigenvalue weighted by Crippen LogP contribution is -2.55. The number of likely N-dealkylation sites (tertiary alicyclic amines) is 1. The van der Waals surface area contributed by atoms with Gasteiger partial charge in [0, 0.05) is 41.7 Å². The Balaban J connectivity index is 1.71. The molecule has 0 radical (unpaired) electrons. The van der Waals surface area contributed by atoms with Crippen molar-refractivity contribution in [3.8, 4) is 5.75 Å². The molecule has 1 aromatic heterocycles. The Hall–Kier alpha value is -2.90. The first kappa shape index (κ1) is 21.9. The first-order valence-electron chi connectivity index (χ1n) is 11.4. The third-order valence-electron chi connectivity index (χ3n) is 7.62. The van der Waals surface area contributed by atoms with Crippen molar-refractivity contribution < 1.29 is 19.0 Å². The van der Waals surface area contributed by atoms with Crippen molar-refractivity contribution in [2.24, 2.45) is 7.05 Å². The van der Waals surface area contributed by atoms with Gasteiger partial charge in [-0.15, -0.1) is 0 Å². The van der Waals surface area contributed by atoms with E-state index in [1.54, 1.807) is 12.0 Å². The highest BCUT2D eigenvalue weighted by Gasteiger charge is 2.49. The van der Waals surface area contributed by atoms with Crippen molar-refractivity contribution >= 4 is 16.8 Å². The minimum atomic E-state index is -0.480. The highest BCUT2D eigenvalue weighted by Crippen LogP contribution is 2.50. The maximum absolute atomic E-state index is 13.7. The van der Waals surface area contributed by atoms with Gasteiger partial charge in [-0.1, -0.05) is 0 Å². The molecule has 1 amide bonds. The van der Waals surface area contributed by atoms with E-state index in [1.807, 2.05) is 19.2 Å². The molecule has 2 aliphatic heterocycles. The van der Waals surface area contributed by atoms with Crippen molar-refractivity contribution in [1.29, 1.82) is 0 Å². The molecule has 2 aromatic carbocycles. The third kappa shape index (κ3) is 3.42. The zero-order valence-corrected chi connectivity index (χ0v) is 19.3. The molecule has 1 saturated heterocycles. The van der Waals surface area contributed by atoms with Crippen LogP contribution < -0.4 is 4.74 Å². The van der Waals surface area contributed by atoms with Crippen LogP contribution in [0.1, 0.15) is 40.5 Å². The summed E-state index contributed by atoms with van der Waals surface area (Å²) in [7, 11) is 5.78. The van der Waals surface area contributed by atoms with Gasteiger partial charge < -0.3 is 24.2 Å². The summed E-state index contributed by atoms with van der Waals surface area (Å²) < 4.78 is 21.1. The Labute approximate surface area is 193 Å². The molecule has 7 heteroatoms. The second kappa shape index (κ2) is 8.15. The molecule has 1 fully saturated rings. The second-order valence-electron chi connectivity index (χ2n) is 9.42. The van der Waals surface area contributed by atoms with E-state index in [9.17, 15) is 14.3 Å². The van der Waals surface area contributed by atoms with Crippen molar-refractivity contribution in [3.63, 3.8) is 0 Å². The van der Waals surface area contributed by atoms with E-state index in [0.717, 1.165) is 48.3 Å². The summed E-state index contributed by atoms with van der Waals surface area (Å²) in [6, 6.07) is 11.3. The standard InChI is InChI=1S/C26H30FN3O3/c1-28-12-10-26(11-13-28)16-30(25(32)17-4-6-18(27)7-5-17)22(15-31)24-23(26)20-9-8-19(33-3)14-21(20)29(24)2/h4-9,14,22,31H,10-13,15-16H2,1-3H3/t22-/m1/s1. The molecule has 33 heavy (non-hydrogen) atoms. The van der Waals surface area contributed by atoms with E-state index in [-0.39, 0.29) is 23.7 Å². The Kier molecular flexibility index (Phi) is 5.41. The van der Waals surface area contributed by atoms with E-state index in [0.29, 0.717) is 12.1 Å². The summed E-state index contributed by atoms with van der Waals surface area (Å²) in [5, 5.41) is 11.7. The Morgan fingerprint density at radius 3 is 2.48 bits per heavy atom. The topological polar surface area (TPSA) is 57.9 Å². The number of hydrogen-bond donors (Lipinski definition) is 1. The number of carbonyl (C=O) groups is 1. The summed E-state index contributed by atoms with van der Waals surface area (Å²) in [6.07, 6.45) is 1.85. The lowest BCUT2D eigenvalue weighted by Gasteiger charge is -2.50. The molecular weight excluding hydrogens is 421 g/mol. The van der Waals surface area contributed by atoms with Gasteiger partial charge in [-0.25, -0.2) is 4.39 Å². The van der Waals surface area contributed by atoms with Crippen molar-refractivity contribution in [1.82, 2.24) is 14.4 Å². The fourth-order valence-electron chi connectivity index (χ4n) is 5.78. The number of methoxy groups -OCH3 is 1. The molecule has 0 unspecified atom stereocenters. The number of piperidine rings is 1. The summed E-state index contributed by atoms with van der Waals surface area (Å²) in [4.78, 5) is 17.8. The van der Waals surface area contributed by atoms with Gasteiger partial charge in [0.2, 0.25) is 0 Å². The fourth-order valence-corrected chi connectivity index (χ4v) is 5.78. The molecule has 1 spiro atoms. The molecule has 6 nitrogen and oxygen atoms in total. The van der Waals surface area contributed by atoms with Gasteiger partial charge in [0.15, 0.2) is 0 Å². The summed E-state index contributed by atoms with van der Waals surface area (Å²) in [5.41, 5.74) is 3.48. The van der Waals surface area contributed by atoms with Crippen LogP contribution in [0.15, 0.2) is 42.5 Å². The molecule has 3 heterocycles. The van der Waals surface area contributed by atoms with Crippen LogP contribution in [0.3, 0.4) is 0 Å². The quantitative estimate of drug-likeness (QED) is 0.663. The van der Waals surface area contributed by atoms with Crippen molar-refractivity contribution in [3.05, 3.63) is 65.1 Å². The number of aliphatic hydroxyl groups excluding tert-OH is 1. The number of halogens is 1. The number of benzene rings is 2. The monoisotopic (exact) mass is 451 g/mol. The van der Waals surface area contributed by atoms with Crippen LogP contribution in [0.5, 0.6) is 5.75 Å². The number of aryl methyl sites for hydroxylation is 1. The molecule has 2 aliphatic rings. The SMILES string of the molecule is COc1ccc2c3c(n(C)c2c1)[C@@H](CO)N(C(=O)c1ccc(F)cc1)CC31CCN(C)CC1. The Bertz CT molecular complexity index is 1200. The number of aromatic nitrogens is 1. The maximum Gasteiger partial charge on any atom is 0.254 e. The van der Waals surface area contributed by atoms with Gasteiger partial charge in [-0.3, -0.25) is 4.79 Å². The van der Waals surface area contributed by atoms with Crippen LogP contribution in [-0.2, 0) is 12.5 Å². The molecule has 3 aromatic rings. The minimum absolute atomic E-state index is 0.180. The highest BCUT2D eigenvalue weighted by molar-refractivity contribution is 5.96. The first-order valence-corrected chi connectivity index (χ1v) is 11.4. The number of amides is 1.